The summed E-state index contributed by atoms with van der Waals surface area (Å²) in [5.41, 5.74) is 1.85. The van der Waals surface area contributed by atoms with Crippen LogP contribution in [-0.4, -0.2) is 29.4 Å². The first-order valence-electron chi connectivity index (χ1n) is 6.43. The minimum absolute atomic E-state index is 0.218. The lowest BCUT2D eigenvalue weighted by Crippen LogP contribution is -2.54. The summed E-state index contributed by atoms with van der Waals surface area (Å²) < 4.78 is 0.776. The van der Waals surface area contributed by atoms with Crippen LogP contribution in [0.15, 0.2) is 16.6 Å². The van der Waals surface area contributed by atoms with Gasteiger partial charge < -0.3 is 0 Å². The lowest BCUT2D eigenvalue weighted by Gasteiger charge is -2.38. The fraction of sp³-hybridized carbons (Fsp3) is 0.467. The Bertz CT molecular complexity index is 595. The summed E-state index contributed by atoms with van der Waals surface area (Å²) in [6.07, 6.45) is 0. The molecule has 1 aromatic carbocycles. The third kappa shape index (κ3) is 2.40. The fourth-order valence-electron chi connectivity index (χ4n) is 2.37. The third-order valence-corrected chi connectivity index (χ3v) is 4.39. The minimum atomic E-state index is -1.01. The van der Waals surface area contributed by atoms with E-state index in [9.17, 15) is 9.59 Å². The average molecular weight is 340 g/mol. The molecule has 1 saturated heterocycles. The van der Waals surface area contributed by atoms with E-state index < -0.39 is 11.5 Å². The molecule has 1 atom stereocenters. The molecule has 1 aromatic rings. The van der Waals surface area contributed by atoms with Crippen LogP contribution in [0.25, 0.3) is 0 Å². The highest BCUT2D eigenvalue weighted by molar-refractivity contribution is 9.10. The number of rotatable bonds is 1. The number of aryl methyl sites for hydroxylation is 2. The molecule has 0 aliphatic carbocycles. The van der Waals surface area contributed by atoms with Crippen LogP contribution < -0.4 is 0 Å². The number of amides is 1. The molecule has 0 saturated carbocycles. The first kappa shape index (κ1) is 15.2. The van der Waals surface area contributed by atoms with Gasteiger partial charge in [-0.1, -0.05) is 22.0 Å². The van der Waals surface area contributed by atoms with Gasteiger partial charge in [-0.2, -0.15) is 0 Å². The summed E-state index contributed by atoms with van der Waals surface area (Å²) in [4.78, 5) is 30.3. The Labute approximate surface area is 127 Å². The molecule has 0 bridgehead atoms. The second-order valence-corrected chi connectivity index (χ2v) is 6.55. The molecule has 5 heteroatoms. The number of halogens is 1. The highest BCUT2D eigenvalue weighted by Crippen LogP contribution is 2.36. The molecular weight excluding hydrogens is 322 g/mol. The number of ketones is 1. The first-order chi connectivity index (χ1) is 9.15. The Morgan fingerprint density at radius 1 is 1.20 bits per heavy atom. The van der Waals surface area contributed by atoms with Gasteiger partial charge in [-0.05, 0) is 50.5 Å². The molecule has 4 nitrogen and oxygen atoms in total. The van der Waals surface area contributed by atoms with Crippen LogP contribution in [0, 0.1) is 13.8 Å². The van der Waals surface area contributed by atoms with Gasteiger partial charge in [-0.3, -0.25) is 14.4 Å². The summed E-state index contributed by atoms with van der Waals surface area (Å²) in [6.45, 7) is 7.32. The molecule has 0 radical (unpaired) electrons. The van der Waals surface area contributed by atoms with E-state index in [1.165, 1.54) is 0 Å². The smallest absolute Gasteiger partial charge is 0.261 e. The van der Waals surface area contributed by atoms with Crippen LogP contribution in [0.2, 0.25) is 0 Å². The van der Waals surface area contributed by atoms with Crippen molar-refractivity contribution in [1.82, 2.24) is 5.06 Å². The van der Waals surface area contributed by atoms with Crippen LogP contribution in [0.1, 0.15) is 36.5 Å². The molecule has 2 rings (SSSR count). The number of Topliss-reactive ketones (excluding diaryl/α,β-unsaturated/α-hetero) is 1. The van der Waals surface area contributed by atoms with Crippen molar-refractivity contribution >= 4 is 27.6 Å². The molecule has 1 amide bonds. The van der Waals surface area contributed by atoms with Gasteiger partial charge in [0.2, 0.25) is 0 Å². The molecule has 1 heterocycles. The molecule has 1 unspecified atom stereocenters. The SMILES string of the molecule is Cc1cc(Br)c(C2C(=O)N(C)OC(C)(C)C2=O)cc1C. The van der Waals surface area contributed by atoms with Crippen molar-refractivity contribution in [2.75, 3.05) is 7.05 Å². The number of hydroxylamine groups is 2. The van der Waals surface area contributed by atoms with Crippen molar-refractivity contribution in [2.24, 2.45) is 0 Å². The van der Waals surface area contributed by atoms with Gasteiger partial charge >= 0.3 is 0 Å². The lowest BCUT2D eigenvalue weighted by atomic mass is 9.83. The van der Waals surface area contributed by atoms with E-state index in [-0.39, 0.29) is 11.7 Å². The molecule has 0 N–H and O–H groups in total. The minimum Gasteiger partial charge on any atom is -0.295 e. The molecule has 0 spiro atoms. The van der Waals surface area contributed by atoms with Crippen molar-refractivity contribution in [3.05, 3.63) is 33.3 Å². The summed E-state index contributed by atoms with van der Waals surface area (Å²) >= 11 is 3.47. The zero-order chi connectivity index (χ0) is 15.2. The molecule has 108 valence electrons. The van der Waals surface area contributed by atoms with Gasteiger partial charge in [0, 0.05) is 11.5 Å². The van der Waals surface area contributed by atoms with Crippen molar-refractivity contribution in [3.8, 4) is 0 Å². The Morgan fingerprint density at radius 2 is 1.75 bits per heavy atom. The molecule has 1 aliphatic rings. The predicted octanol–water partition coefficient (Wildman–Crippen LogP) is 2.90. The Kier molecular flexibility index (Phi) is 3.77. The largest absolute Gasteiger partial charge is 0.295 e. The van der Waals surface area contributed by atoms with E-state index in [1.807, 2.05) is 26.0 Å². The molecular formula is C15H18BrNO3. The lowest BCUT2D eigenvalue weighted by molar-refractivity contribution is -0.233. The van der Waals surface area contributed by atoms with E-state index in [4.69, 9.17) is 4.84 Å². The number of likely N-dealkylation sites (N-methyl/N-ethyl adjacent to an activating group) is 1. The maximum absolute atomic E-state index is 12.6. The highest BCUT2D eigenvalue weighted by Gasteiger charge is 2.48. The number of nitrogens with zero attached hydrogens (tertiary/aromatic N) is 1. The highest BCUT2D eigenvalue weighted by atomic mass is 79.9. The average Bonchev–Trinajstić information content (AvgIpc) is 2.33. The van der Waals surface area contributed by atoms with Crippen LogP contribution in [-0.2, 0) is 14.4 Å². The number of hydrogen-bond acceptors (Lipinski definition) is 3. The van der Waals surface area contributed by atoms with Crippen LogP contribution in [0.3, 0.4) is 0 Å². The molecule has 1 aliphatic heterocycles. The zero-order valence-corrected chi connectivity index (χ0v) is 13.9. The Hall–Kier alpha value is -1.20. The summed E-state index contributed by atoms with van der Waals surface area (Å²) in [7, 11) is 1.54. The number of carbonyl (C=O) groups is 2. The summed E-state index contributed by atoms with van der Waals surface area (Å²) in [5.74, 6) is -1.37. The Morgan fingerprint density at radius 3 is 2.35 bits per heavy atom. The monoisotopic (exact) mass is 339 g/mol. The van der Waals surface area contributed by atoms with Gasteiger partial charge in [0.05, 0.1) is 0 Å². The van der Waals surface area contributed by atoms with Gasteiger partial charge in [-0.25, -0.2) is 5.06 Å². The predicted molar refractivity (Wildman–Crippen MR) is 79.3 cm³/mol. The topological polar surface area (TPSA) is 46.6 Å². The second-order valence-electron chi connectivity index (χ2n) is 5.69. The molecule has 1 fully saturated rings. The third-order valence-electron chi connectivity index (χ3n) is 3.70. The maximum Gasteiger partial charge on any atom is 0.261 e. The first-order valence-corrected chi connectivity index (χ1v) is 7.22. The zero-order valence-electron chi connectivity index (χ0n) is 12.3. The van der Waals surface area contributed by atoms with Gasteiger partial charge in [0.15, 0.2) is 5.78 Å². The van der Waals surface area contributed by atoms with E-state index in [1.54, 1.807) is 20.9 Å². The number of hydrogen-bond donors (Lipinski definition) is 0. The molecule has 0 aromatic heterocycles. The standard InChI is InChI=1S/C15H18BrNO3/c1-8-6-10(11(16)7-9(8)2)12-13(18)15(3,4)20-17(5)14(12)19/h6-7,12H,1-5H3. The van der Waals surface area contributed by atoms with E-state index in [2.05, 4.69) is 15.9 Å². The van der Waals surface area contributed by atoms with Crippen molar-refractivity contribution in [3.63, 3.8) is 0 Å². The Balaban J connectivity index is 2.57. The van der Waals surface area contributed by atoms with Gasteiger partial charge in [0.25, 0.3) is 5.91 Å². The summed E-state index contributed by atoms with van der Waals surface area (Å²) in [6, 6.07) is 3.84. The number of benzene rings is 1. The summed E-state index contributed by atoms with van der Waals surface area (Å²) in [5, 5.41) is 1.16. The van der Waals surface area contributed by atoms with E-state index >= 15 is 0 Å². The van der Waals surface area contributed by atoms with E-state index in [0.29, 0.717) is 5.56 Å². The fourth-order valence-corrected chi connectivity index (χ4v) is 3.06. The van der Waals surface area contributed by atoms with Gasteiger partial charge in [-0.15, -0.1) is 0 Å². The van der Waals surface area contributed by atoms with Crippen molar-refractivity contribution < 1.29 is 14.4 Å². The normalized spacial score (nSPS) is 22.3. The second kappa shape index (κ2) is 4.97. The van der Waals surface area contributed by atoms with Crippen LogP contribution in [0.4, 0.5) is 0 Å². The van der Waals surface area contributed by atoms with Crippen LogP contribution >= 0.6 is 15.9 Å². The number of carbonyl (C=O) groups excluding carboxylic acids is 2. The maximum atomic E-state index is 12.6. The van der Waals surface area contributed by atoms with Crippen molar-refractivity contribution in [2.45, 2.75) is 39.2 Å². The van der Waals surface area contributed by atoms with Gasteiger partial charge in [0.1, 0.15) is 11.5 Å². The van der Waals surface area contributed by atoms with Crippen molar-refractivity contribution in [1.29, 1.82) is 0 Å². The quantitative estimate of drug-likeness (QED) is 0.739. The van der Waals surface area contributed by atoms with Crippen LogP contribution in [0.5, 0.6) is 0 Å². The van der Waals surface area contributed by atoms with E-state index in [0.717, 1.165) is 20.7 Å². The molecule has 20 heavy (non-hydrogen) atoms.